The van der Waals surface area contributed by atoms with Gasteiger partial charge in [0.05, 0.1) is 26.1 Å². The van der Waals surface area contributed by atoms with E-state index in [1.807, 2.05) is 78.7 Å². The number of amides is 1. The van der Waals surface area contributed by atoms with Crippen LogP contribution in [0.15, 0.2) is 72.4 Å². The first kappa shape index (κ1) is 23.5. The fourth-order valence-corrected chi connectivity index (χ4v) is 5.30. The fourth-order valence-electron chi connectivity index (χ4n) is 5.30. The molecule has 1 aliphatic heterocycles. The highest BCUT2D eigenvalue weighted by atomic mass is 16.5. The van der Waals surface area contributed by atoms with Gasteiger partial charge >= 0.3 is 11.9 Å². The van der Waals surface area contributed by atoms with Crippen molar-refractivity contribution in [2.45, 2.75) is 25.9 Å². The maximum absolute atomic E-state index is 13.6. The lowest BCUT2D eigenvalue weighted by Gasteiger charge is -2.55. The number of nitrogens with zero attached hydrogens (tertiary/aromatic N) is 2. The zero-order valence-corrected chi connectivity index (χ0v) is 19.7. The molecule has 1 aliphatic carbocycles. The molecule has 2 aromatic rings. The number of carbonyl (C=O) groups excluding carboxylic acids is 3. The van der Waals surface area contributed by atoms with E-state index in [9.17, 15) is 14.4 Å². The molecule has 1 amide bonds. The molecule has 0 bridgehead atoms. The molecule has 0 radical (unpaired) electrons. The van der Waals surface area contributed by atoms with E-state index in [0.717, 1.165) is 11.3 Å². The summed E-state index contributed by atoms with van der Waals surface area (Å²) < 4.78 is 10.1. The summed E-state index contributed by atoms with van der Waals surface area (Å²) in [5.74, 6) is -2.49. The number of esters is 2. The normalized spacial score (nSPS) is 23.1. The zero-order valence-electron chi connectivity index (χ0n) is 19.7. The molecule has 1 heterocycles. The molecular weight excluding hydrogens is 432 g/mol. The molecule has 0 spiro atoms. The van der Waals surface area contributed by atoms with Crippen molar-refractivity contribution in [3.8, 4) is 0 Å². The average Bonchev–Trinajstić information content (AvgIpc) is 2.86. The summed E-state index contributed by atoms with van der Waals surface area (Å²) in [5.41, 5.74) is 2.48. The minimum Gasteiger partial charge on any atom is -0.469 e. The predicted molar refractivity (Wildman–Crippen MR) is 127 cm³/mol. The van der Waals surface area contributed by atoms with E-state index in [1.54, 1.807) is 4.90 Å². The number of fused-ring (bicyclic) bond motifs is 1. The molecule has 4 unspecified atom stereocenters. The van der Waals surface area contributed by atoms with E-state index >= 15 is 0 Å². The third-order valence-corrected chi connectivity index (χ3v) is 6.87. The van der Waals surface area contributed by atoms with Crippen molar-refractivity contribution in [2.24, 2.45) is 17.8 Å². The first-order valence-corrected chi connectivity index (χ1v) is 11.5. The molecule has 4 rings (SSSR count). The number of likely N-dealkylation sites (N-methyl/N-ethyl adjacent to an activating group) is 1. The molecule has 2 aromatic carbocycles. The highest BCUT2D eigenvalue weighted by molar-refractivity contribution is 6.05. The highest BCUT2D eigenvalue weighted by Gasteiger charge is 2.61. The summed E-state index contributed by atoms with van der Waals surface area (Å²) in [7, 11) is 2.66. The Morgan fingerprint density at radius 3 is 2.09 bits per heavy atom. The number of anilines is 1. The molecule has 178 valence electrons. The lowest BCUT2D eigenvalue weighted by Crippen LogP contribution is -2.65. The summed E-state index contributed by atoms with van der Waals surface area (Å²) in [6.07, 6.45) is 2.26. The Morgan fingerprint density at radius 2 is 1.50 bits per heavy atom. The van der Waals surface area contributed by atoms with Crippen LogP contribution in [0, 0.1) is 17.8 Å². The van der Waals surface area contributed by atoms with Gasteiger partial charge in [-0.1, -0.05) is 48.5 Å². The maximum Gasteiger partial charge on any atom is 0.311 e. The van der Waals surface area contributed by atoms with Crippen LogP contribution >= 0.6 is 0 Å². The predicted octanol–water partition coefficient (Wildman–Crippen LogP) is 3.41. The zero-order chi connectivity index (χ0) is 24.2. The van der Waals surface area contributed by atoms with Gasteiger partial charge in [-0.15, -0.1) is 0 Å². The van der Waals surface area contributed by atoms with Crippen LogP contribution in [0.25, 0.3) is 0 Å². The second-order valence-electron chi connectivity index (χ2n) is 8.65. The van der Waals surface area contributed by atoms with Gasteiger partial charge in [0.2, 0.25) is 0 Å². The summed E-state index contributed by atoms with van der Waals surface area (Å²) in [6, 6.07) is 19.1. The molecule has 0 saturated heterocycles. The highest BCUT2D eigenvalue weighted by Crippen LogP contribution is 2.51. The van der Waals surface area contributed by atoms with Gasteiger partial charge in [-0.05, 0) is 37.0 Å². The second kappa shape index (κ2) is 10.1. The van der Waals surface area contributed by atoms with Gasteiger partial charge in [0.25, 0.3) is 5.91 Å². The van der Waals surface area contributed by atoms with Gasteiger partial charge in [-0.25, -0.2) is 0 Å². The van der Waals surface area contributed by atoms with Crippen molar-refractivity contribution in [2.75, 3.05) is 25.7 Å². The van der Waals surface area contributed by atoms with Crippen LogP contribution in [0.1, 0.15) is 18.9 Å². The third kappa shape index (κ3) is 4.30. The van der Waals surface area contributed by atoms with Gasteiger partial charge < -0.3 is 19.3 Å². The molecule has 1 saturated carbocycles. The van der Waals surface area contributed by atoms with E-state index in [0.29, 0.717) is 25.1 Å². The molecule has 34 heavy (non-hydrogen) atoms. The summed E-state index contributed by atoms with van der Waals surface area (Å²) in [5, 5.41) is 0. The number of methoxy groups -OCH3 is 2. The van der Waals surface area contributed by atoms with E-state index in [2.05, 4.69) is 0 Å². The van der Waals surface area contributed by atoms with Crippen LogP contribution in [0.5, 0.6) is 0 Å². The summed E-state index contributed by atoms with van der Waals surface area (Å²) >= 11 is 0. The third-order valence-electron chi connectivity index (χ3n) is 6.87. The van der Waals surface area contributed by atoms with Crippen LogP contribution in [0.3, 0.4) is 0 Å². The average molecular weight is 463 g/mol. The van der Waals surface area contributed by atoms with Crippen LogP contribution in [-0.4, -0.2) is 49.6 Å². The Kier molecular flexibility index (Phi) is 7.01. The number of hydrogen-bond donors (Lipinski definition) is 0. The van der Waals surface area contributed by atoms with Crippen LogP contribution in [0.4, 0.5) is 5.69 Å². The van der Waals surface area contributed by atoms with E-state index in [-0.39, 0.29) is 17.9 Å². The standard InChI is InChI=1S/C27H30N2O5/c1-4-29(20-13-9-6-10-14-20)25(30)19-15-21-22(26(31)33-2)23(27(32)34-3)24(21)28(17-19)16-18-11-7-5-8-12-18/h5-14,17,21-24H,4,15-16H2,1-3H3. The molecule has 7 nitrogen and oxygen atoms in total. The first-order chi connectivity index (χ1) is 16.5. The van der Waals surface area contributed by atoms with E-state index < -0.39 is 23.8 Å². The Hall–Kier alpha value is -3.61. The number of benzene rings is 2. The summed E-state index contributed by atoms with van der Waals surface area (Å²) in [4.78, 5) is 42.8. The van der Waals surface area contributed by atoms with Crippen LogP contribution < -0.4 is 4.90 Å². The fraction of sp³-hybridized carbons (Fsp3) is 0.370. The Bertz CT molecular complexity index is 1070. The molecule has 1 fully saturated rings. The molecule has 2 aliphatic rings. The van der Waals surface area contributed by atoms with Crippen molar-refractivity contribution in [1.29, 1.82) is 0 Å². The van der Waals surface area contributed by atoms with E-state index in [1.165, 1.54) is 14.2 Å². The lowest BCUT2D eigenvalue weighted by molar-refractivity contribution is -0.181. The molecule has 4 atom stereocenters. The van der Waals surface area contributed by atoms with Gasteiger partial charge in [-0.3, -0.25) is 14.4 Å². The maximum atomic E-state index is 13.6. The Labute approximate surface area is 199 Å². The number of para-hydroxylation sites is 1. The number of carbonyl (C=O) groups is 3. The van der Waals surface area contributed by atoms with Crippen molar-refractivity contribution >= 4 is 23.5 Å². The van der Waals surface area contributed by atoms with Crippen molar-refractivity contribution in [1.82, 2.24) is 4.90 Å². The monoisotopic (exact) mass is 462 g/mol. The summed E-state index contributed by atoms with van der Waals surface area (Å²) in [6.45, 7) is 2.96. The number of ether oxygens (including phenoxy) is 2. The molecular formula is C27H30N2O5. The molecule has 0 aromatic heterocycles. The molecule has 7 heteroatoms. The van der Waals surface area contributed by atoms with Gasteiger partial charge in [0, 0.05) is 36.6 Å². The minimum atomic E-state index is -0.649. The van der Waals surface area contributed by atoms with Gasteiger partial charge in [-0.2, -0.15) is 0 Å². The first-order valence-electron chi connectivity index (χ1n) is 11.5. The number of rotatable bonds is 7. The Morgan fingerprint density at radius 1 is 0.912 bits per heavy atom. The van der Waals surface area contributed by atoms with Crippen molar-refractivity contribution < 1.29 is 23.9 Å². The SMILES string of the molecule is CCN(C(=O)C1=CN(Cc2ccccc2)C2C(C1)C(C(=O)OC)C2C(=O)OC)c1ccccc1. The smallest absolute Gasteiger partial charge is 0.311 e. The lowest BCUT2D eigenvalue weighted by atomic mass is 9.56. The number of hydrogen-bond acceptors (Lipinski definition) is 6. The Balaban J connectivity index is 1.71. The van der Waals surface area contributed by atoms with Crippen molar-refractivity contribution in [3.05, 3.63) is 78.0 Å². The largest absolute Gasteiger partial charge is 0.469 e. The van der Waals surface area contributed by atoms with Gasteiger partial charge in [0.15, 0.2) is 0 Å². The molecule has 0 N–H and O–H groups in total. The topological polar surface area (TPSA) is 76.2 Å². The quantitative estimate of drug-likeness (QED) is 0.587. The van der Waals surface area contributed by atoms with Crippen molar-refractivity contribution in [3.63, 3.8) is 0 Å². The second-order valence-corrected chi connectivity index (χ2v) is 8.65. The van der Waals surface area contributed by atoms with Crippen LogP contribution in [0.2, 0.25) is 0 Å². The van der Waals surface area contributed by atoms with Crippen LogP contribution in [-0.2, 0) is 30.4 Å². The van der Waals surface area contributed by atoms with Gasteiger partial charge in [0.1, 0.15) is 0 Å². The minimum absolute atomic E-state index is 0.102. The van der Waals surface area contributed by atoms with E-state index in [4.69, 9.17) is 9.47 Å².